The number of hydrogen-bond donors (Lipinski definition) is 2. The first-order valence-electron chi connectivity index (χ1n) is 6.44. The Morgan fingerprint density at radius 2 is 2.11 bits per heavy atom. The molecule has 5 heteroatoms. The quantitative estimate of drug-likeness (QED) is 0.846. The second-order valence-electron chi connectivity index (χ2n) is 5.10. The molecule has 5 nitrogen and oxygen atoms in total. The number of aromatic nitrogens is 1. The van der Waals surface area contributed by atoms with Crippen molar-refractivity contribution in [2.45, 2.75) is 39.2 Å². The Kier molecular flexibility index (Phi) is 3.83. The van der Waals surface area contributed by atoms with Crippen LogP contribution in [0.25, 0.3) is 0 Å². The van der Waals surface area contributed by atoms with Gasteiger partial charge in [0.05, 0.1) is 17.7 Å². The van der Waals surface area contributed by atoms with E-state index in [0.717, 1.165) is 18.5 Å². The van der Waals surface area contributed by atoms with Crippen molar-refractivity contribution < 1.29 is 14.7 Å². The summed E-state index contributed by atoms with van der Waals surface area (Å²) >= 11 is 0. The summed E-state index contributed by atoms with van der Waals surface area (Å²) in [5, 5.41) is 11.7. The molecule has 1 atom stereocenters. The fourth-order valence-corrected chi connectivity index (χ4v) is 2.19. The molecule has 0 spiro atoms. The van der Waals surface area contributed by atoms with Crippen molar-refractivity contribution in [2.24, 2.45) is 5.92 Å². The molecule has 1 fully saturated rings. The molecule has 0 radical (unpaired) electrons. The lowest BCUT2D eigenvalue weighted by molar-refractivity contribution is -0.137. The number of rotatable bonds is 5. The highest BCUT2D eigenvalue weighted by Crippen LogP contribution is 2.34. The highest BCUT2D eigenvalue weighted by Gasteiger charge is 2.34. The summed E-state index contributed by atoms with van der Waals surface area (Å²) in [6.07, 6.45) is 1.96. The number of carboxylic acid groups (broad SMARTS) is 1. The van der Waals surface area contributed by atoms with Crippen LogP contribution >= 0.6 is 0 Å². The number of carbonyl (C=O) groups is 2. The van der Waals surface area contributed by atoms with Crippen LogP contribution in [0.2, 0.25) is 0 Å². The summed E-state index contributed by atoms with van der Waals surface area (Å²) in [7, 11) is 0. The summed E-state index contributed by atoms with van der Waals surface area (Å²) in [4.78, 5) is 27.2. The number of amides is 1. The van der Waals surface area contributed by atoms with E-state index in [4.69, 9.17) is 5.11 Å². The monoisotopic (exact) mass is 262 g/mol. The first kappa shape index (κ1) is 13.5. The average Bonchev–Trinajstić information content (AvgIpc) is 3.10. The minimum Gasteiger partial charge on any atom is -0.481 e. The predicted molar refractivity (Wildman–Crippen MR) is 69.9 cm³/mol. The van der Waals surface area contributed by atoms with Gasteiger partial charge in [-0.05, 0) is 44.7 Å². The molecule has 1 saturated carbocycles. The minimum absolute atomic E-state index is 0.0191. The van der Waals surface area contributed by atoms with Gasteiger partial charge in [-0.2, -0.15) is 0 Å². The minimum atomic E-state index is -0.879. The van der Waals surface area contributed by atoms with Crippen molar-refractivity contribution in [3.05, 3.63) is 29.1 Å². The number of nitrogens with zero attached hydrogens (tertiary/aromatic N) is 1. The molecule has 0 bridgehead atoms. The van der Waals surface area contributed by atoms with Crippen LogP contribution in [0.4, 0.5) is 0 Å². The SMILES string of the molecule is Cc1ccc(C(=O)NC(CC(=O)O)C2CC2)c(C)n1. The summed E-state index contributed by atoms with van der Waals surface area (Å²) in [6.45, 7) is 3.65. The molecule has 102 valence electrons. The molecule has 1 amide bonds. The lowest BCUT2D eigenvalue weighted by atomic mass is 10.1. The molecule has 0 aliphatic heterocycles. The Labute approximate surface area is 112 Å². The molecule has 19 heavy (non-hydrogen) atoms. The first-order chi connectivity index (χ1) is 8.97. The second-order valence-corrected chi connectivity index (χ2v) is 5.10. The van der Waals surface area contributed by atoms with Crippen LogP contribution in [0, 0.1) is 19.8 Å². The molecular formula is C14H18N2O3. The largest absolute Gasteiger partial charge is 0.481 e. The van der Waals surface area contributed by atoms with E-state index in [1.54, 1.807) is 19.1 Å². The molecule has 0 aromatic carbocycles. The maximum atomic E-state index is 12.2. The Morgan fingerprint density at radius 3 is 2.63 bits per heavy atom. The molecule has 0 saturated heterocycles. The standard InChI is InChI=1S/C14H18N2O3/c1-8-3-6-11(9(2)15-8)14(19)16-12(7-13(17)18)10-4-5-10/h3,6,10,12H,4-5,7H2,1-2H3,(H,16,19)(H,17,18). The topological polar surface area (TPSA) is 79.3 Å². The van der Waals surface area contributed by atoms with Gasteiger partial charge in [0.15, 0.2) is 0 Å². The van der Waals surface area contributed by atoms with Crippen molar-refractivity contribution >= 4 is 11.9 Å². The van der Waals surface area contributed by atoms with Crippen molar-refractivity contribution in [2.75, 3.05) is 0 Å². The maximum absolute atomic E-state index is 12.2. The normalized spacial score (nSPS) is 15.9. The number of pyridine rings is 1. The molecule has 1 unspecified atom stereocenters. The van der Waals surface area contributed by atoms with Crippen LogP contribution in [0.5, 0.6) is 0 Å². The summed E-state index contributed by atoms with van der Waals surface area (Å²) in [5.41, 5.74) is 2.04. The van der Waals surface area contributed by atoms with Crippen molar-refractivity contribution in [3.63, 3.8) is 0 Å². The molecule has 1 heterocycles. The lowest BCUT2D eigenvalue weighted by Gasteiger charge is -2.16. The number of carbonyl (C=O) groups excluding carboxylic acids is 1. The van der Waals surface area contributed by atoms with E-state index in [0.29, 0.717) is 17.2 Å². The van der Waals surface area contributed by atoms with Crippen LogP contribution < -0.4 is 5.32 Å². The number of aryl methyl sites for hydroxylation is 2. The number of aliphatic carboxylic acids is 1. The zero-order valence-electron chi connectivity index (χ0n) is 11.1. The van der Waals surface area contributed by atoms with E-state index in [1.165, 1.54) is 0 Å². The van der Waals surface area contributed by atoms with Crippen LogP contribution in [0.3, 0.4) is 0 Å². The number of nitrogens with one attached hydrogen (secondary N) is 1. The van der Waals surface area contributed by atoms with E-state index in [2.05, 4.69) is 10.3 Å². The Bertz CT molecular complexity index is 509. The second kappa shape index (κ2) is 5.38. The number of carboxylic acids is 1. The summed E-state index contributed by atoms with van der Waals surface area (Å²) in [6, 6.07) is 3.24. The Balaban J connectivity index is 2.08. The molecular weight excluding hydrogens is 244 g/mol. The summed E-state index contributed by atoms with van der Waals surface area (Å²) in [5.74, 6) is -0.808. The molecule has 2 N–H and O–H groups in total. The Hall–Kier alpha value is -1.91. The van der Waals surface area contributed by atoms with Gasteiger partial charge in [-0.25, -0.2) is 0 Å². The van der Waals surface area contributed by atoms with E-state index in [9.17, 15) is 9.59 Å². The Morgan fingerprint density at radius 1 is 1.42 bits per heavy atom. The van der Waals surface area contributed by atoms with Gasteiger partial charge in [-0.1, -0.05) is 0 Å². The number of hydrogen-bond acceptors (Lipinski definition) is 3. The third-order valence-electron chi connectivity index (χ3n) is 3.37. The lowest BCUT2D eigenvalue weighted by Crippen LogP contribution is -2.38. The summed E-state index contributed by atoms with van der Waals surface area (Å²) < 4.78 is 0. The molecule has 1 aromatic heterocycles. The first-order valence-corrected chi connectivity index (χ1v) is 6.44. The van der Waals surface area contributed by atoms with Gasteiger partial charge in [0.25, 0.3) is 5.91 Å². The van der Waals surface area contributed by atoms with Crippen LogP contribution in [-0.4, -0.2) is 28.0 Å². The molecule has 1 aliphatic rings. The van der Waals surface area contributed by atoms with Crippen molar-refractivity contribution in [1.29, 1.82) is 0 Å². The van der Waals surface area contributed by atoms with Gasteiger partial charge in [-0.15, -0.1) is 0 Å². The van der Waals surface area contributed by atoms with Gasteiger partial charge in [0.2, 0.25) is 0 Å². The third-order valence-corrected chi connectivity index (χ3v) is 3.37. The molecule has 1 aromatic rings. The highest BCUT2D eigenvalue weighted by molar-refractivity contribution is 5.95. The van der Waals surface area contributed by atoms with E-state index >= 15 is 0 Å². The van der Waals surface area contributed by atoms with Gasteiger partial charge >= 0.3 is 5.97 Å². The van der Waals surface area contributed by atoms with E-state index in [-0.39, 0.29) is 18.4 Å². The third kappa shape index (κ3) is 3.53. The smallest absolute Gasteiger partial charge is 0.305 e. The fourth-order valence-electron chi connectivity index (χ4n) is 2.19. The molecule has 1 aliphatic carbocycles. The van der Waals surface area contributed by atoms with Crippen LogP contribution in [0.15, 0.2) is 12.1 Å². The van der Waals surface area contributed by atoms with E-state index in [1.807, 2.05) is 6.92 Å². The fraction of sp³-hybridized carbons (Fsp3) is 0.500. The van der Waals surface area contributed by atoms with Crippen molar-refractivity contribution in [3.8, 4) is 0 Å². The van der Waals surface area contributed by atoms with Gasteiger partial charge < -0.3 is 10.4 Å². The van der Waals surface area contributed by atoms with Gasteiger partial charge in [0.1, 0.15) is 0 Å². The zero-order valence-corrected chi connectivity index (χ0v) is 11.1. The zero-order chi connectivity index (χ0) is 14.0. The maximum Gasteiger partial charge on any atom is 0.305 e. The molecule has 2 rings (SSSR count). The van der Waals surface area contributed by atoms with Crippen molar-refractivity contribution in [1.82, 2.24) is 10.3 Å². The van der Waals surface area contributed by atoms with Crippen LogP contribution in [-0.2, 0) is 4.79 Å². The van der Waals surface area contributed by atoms with Crippen LogP contribution in [0.1, 0.15) is 41.0 Å². The highest BCUT2D eigenvalue weighted by atomic mass is 16.4. The average molecular weight is 262 g/mol. The van der Waals surface area contributed by atoms with Gasteiger partial charge in [-0.3, -0.25) is 14.6 Å². The van der Waals surface area contributed by atoms with Gasteiger partial charge in [0, 0.05) is 11.7 Å². The van der Waals surface area contributed by atoms with E-state index < -0.39 is 5.97 Å². The predicted octanol–water partition coefficient (Wildman–Crippen LogP) is 1.68.